The number of rotatable bonds is 4. The van der Waals surface area contributed by atoms with Crippen LogP contribution in [0.1, 0.15) is 12.7 Å². The Morgan fingerprint density at radius 3 is 3.18 bits per heavy atom. The average molecular weight is 175 g/mol. The van der Waals surface area contributed by atoms with E-state index in [2.05, 4.69) is 4.98 Å². The molecule has 0 N–H and O–H groups in total. The molecule has 3 nitrogen and oxygen atoms in total. The number of nitrogens with zero attached hydrogens (tertiary/aromatic N) is 2. The lowest BCUT2D eigenvalue weighted by molar-refractivity contribution is 0.0862. The number of hydrogen-bond acceptors (Lipinski definition) is 2. The van der Waals surface area contributed by atoms with Crippen LogP contribution in [0.25, 0.3) is 0 Å². The first-order valence-electron chi connectivity index (χ1n) is 3.52. The van der Waals surface area contributed by atoms with Crippen LogP contribution in [-0.4, -0.2) is 16.2 Å². The van der Waals surface area contributed by atoms with E-state index in [1.807, 2.05) is 17.7 Å². The van der Waals surface area contributed by atoms with Gasteiger partial charge in [-0.05, 0) is 6.92 Å². The van der Waals surface area contributed by atoms with E-state index < -0.39 is 0 Å². The zero-order chi connectivity index (χ0) is 8.10. The van der Waals surface area contributed by atoms with Crippen molar-refractivity contribution in [3.63, 3.8) is 0 Å². The summed E-state index contributed by atoms with van der Waals surface area (Å²) in [5, 5.41) is 0. The summed E-state index contributed by atoms with van der Waals surface area (Å²) in [6.07, 6.45) is 3.57. The van der Waals surface area contributed by atoms with E-state index >= 15 is 0 Å². The van der Waals surface area contributed by atoms with Gasteiger partial charge in [0.1, 0.15) is 12.6 Å². The van der Waals surface area contributed by atoms with E-state index in [1.165, 1.54) is 0 Å². The molecule has 0 unspecified atom stereocenters. The van der Waals surface area contributed by atoms with Crippen LogP contribution in [0, 0.1) is 0 Å². The Labute approximate surface area is 70.9 Å². The number of halogens is 1. The van der Waals surface area contributed by atoms with E-state index in [1.54, 1.807) is 6.20 Å². The summed E-state index contributed by atoms with van der Waals surface area (Å²) < 4.78 is 7.07. The molecule has 0 spiro atoms. The second-order valence-corrected chi connectivity index (χ2v) is 2.34. The quantitative estimate of drug-likeness (QED) is 0.649. The van der Waals surface area contributed by atoms with Crippen molar-refractivity contribution in [1.82, 2.24) is 9.55 Å². The maximum atomic E-state index is 5.61. The zero-order valence-electron chi connectivity index (χ0n) is 6.46. The molecule has 0 aliphatic carbocycles. The van der Waals surface area contributed by atoms with Crippen molar-refractivity contribution in [3.05, 3.63) is 18.2 Å². The van der Waals surface area contributed by atoms with Gasteiger partial charge in [-0.3, -0.25) is 0 Å². The summed E-state index contributed by atoms with van der Waals surface area (Å²) >= 11 is 5.61. The van der Waals surface area contributed by atoms with Crippen LogP contribution in [0.3, 0.4) is 0 Å². The van der Waals surface area contributed by atoms with Crippen molar-refractivity contribution in [2.75, 3.05) is 6.61 Å². The molecule has 4 heteroatoms. The second-order valence-electron chi connectivity index (χ2n) is 2.07. The Hall–Kier alpha value is -0.540. The molecule has 0 aromatic carbocycles. The van der Waals surface area contributed by atoms with Crippen molar-refractivity contribution < 1.29 is 4.74 Å². The van der Waals surface area contributed by atoms with Crippen LogP contribution >= 0.6 is 11.6 Å². The zero-order valence-corrected chi connectivity index (χ0v) is 7.21. The van der Waals surface area contributed by atoms with Crippen molar-refractivity contribution in [2.45, 2.75) is 19.5 Å². The summed E-state index contributed by atoms with van der Waals surface area (Å²) in [5.74, 6) is 1.28. The third-order valence-electron chi connectivity index (χ3n) is 1.36. The lowest BCUT2D eigenvalue weighted by atomic mass is 10.7. The fourth-order valence-corrected chi connectivity index (χ4v) is 1.00. The Kier molecular flexibility index (Phi) is 3.39. The van der Waals surface area contributed by atoms with E-state index in [4.69, 9.17) is 16.3 Å². The molecule has 62 valence electrons. The molecule has 11 heavy (non-hydrogen) atoms. The Balaban J connectivity index is 2.54. The van der Waals surface area contributed by atoms with Crippen molar-refractivity contribution >= 4 is 11.6 Å². The number of aromatic nitrogens is 2. The molecular weight excluding hydrogens is 164 g/mol. The van der Waals surface area contributed by atoms with Gasteiger partial charge in [0.05, 0.1) is 5.88 Å². The molecule has 0 aliphatic rings. The monoisotopic (exact) mass is 174 g/mol. The van der Waals surface area contributed by atoms with Crippen molar-refractivity contribution in [1.29, 1.82) is 0 Å². The Morgan fingerprint density at radius 1 is 1.73 bits per heavy atom. The molecular formula is C7H11ClN2O. The molecule has 0 saturated carbocycles. The number of ether oxygens (including phenoxy) is 1. The van der Waals surface area contributed by atoms with Gasteiger partial charge in [-0.1, -0.05) is 0 Å². The third kappa shape index (κ3) is 2.20. The van der Waals surface area contributed by atoms with E-state index in [0.717, 1.165) is 5.82 Å². The van der Waals surface area contributed by atoms with Gasteiger partial charge < -0.3 is 9.30 Å². The molecule has 0 fully saturated rings. The standard InChI is InChI=1S/C7H11ClN2O/c1-2-11-6-10-4-3-9-7(10)5-8/h3-4H,2,5-6H2,1H3. The fourth-order valence-electron chi connectivity index (χ4n) is 0.778. The third-order valence-corrected chi connectivity index (χ3v) is 1.59. The summed E-state index contributed by atoms with van der Waals surface area (Å²) in [5.41, 5.74) is 0. The van der Waals surface area contributed by atoms with Crippen LogP contribution in [0.2, 0.25) is 0 Å². The second kappa shape index (κ2) is 4.36. The lowest BCUT2D eigenvalue weighted by Crippen LogP contribution is -2.04. The van der Waals surface area contributed by atoms with E-state index in [0.29, 0.717) is 19.2 Å². The summed E-state index contributed by atoms with van der Waals surface area (Å²) in [6, 6.07) is 0. The maximum Gasteiger partial charge on any atom is 0.125 e. The number of alkyl halides is 1. The SMILES string of the molecule is CCOCn1ccnc1CCl. The van der Waals surface area contributed by atoms with E-state index in [-0.39, 0.29) is 0 Å². The van der Waals surface area contributed by atoms with Gasteiger partial charge in [-0.15, -0.1) is 11.6 Å². The molecule has 0 amide bonds. The minimum absolute atomic E-state index is 0.431. The average Bonchev–Trinajstić information content (AvgIpc) is 2.47. The predicted molar refractivity (Wildman–Crippen MR) is 43.4 cm³/mol. The molecule has 0 bridgehead atoms. The highest BCUT2D eigenvalue weighted by molar-refractivity contribution is 6.16. The van der Waals surface area contributed by atoms with Gasteiger partial charge in [-0.2, -0.15) is 0 Å². The van der Waals surface area contributed by atoms with Crippen LogP contribution in [0.4, 0.5) is 0 Å². The van der Waals surface area contributed by atoms with Crippen LogP contribution in [0.15, 0.2) is 12.4 Å². The first kappa shape index (κ1) is 8.56. The molecule has 1 aromatic rings. The van der Waals surface area contributed by atoms with E-state index in [9.17, 15) is 0 Å². The first-order chi connectivity index (χ1) is 5.38. The first-order valence-corrected chi connectivity index (χ1v) is 4.05. The highest BCUT2D eigenvalue weighted by Gasteiger charge is 1.98. The van der Waals surface area contributed by atoms with Crippen molar-refractivity contribution in [2.24, 2.45) is 0 Å². The topological polar surface area (TPSA) is 27.1 Å². The Bertz CT molecular complexity index is 212. The van der Waals surface area contributed by atoms with Crippen LogP contribution in [-0.2, 0) is 17.3 Å². The minimum atomic E-state index is 0.431. The highest BCUT2D eigenvalue weighted by Crippen LogP contribution is 2.00. The summed E-state index contributed by atoms with van der Waals surface area (Å²) in [6.45, 7) is 3.20. The largest absolute Gasteiger partial charge is 0.361 e. The van der Waals surface area contributed by atoms with Crippen molar-refractivity contribution in [3.8, 4) is 0 Å². The molecule has 0 atom stereocenters. The molecule has 0 aliphatic heterocycles. The van der Waals surface area contributed by atoms with Gasteiger partial charge >= 0.3 is 0 Å². The van der Waals surface area contributed by atoms with Gasteiger partial charge in [-0.25, -0.2) is 4.98 Å². The molecule has 0 saturated heterocycles. The van der Waals surface area contributed by atoms with Crippen LogP contribution in [0.5, 0.6) is 0 Å². The lowest BCUT2D eigenvalue weighted by Gasteiger charge is -2.04. The molecule has 1 heterocycles. The maximum absolute atomic E-state index is 5.61. The summed E-state index contributed by atoms with van der Waals surface area (Å²) in [4.78, 5) is 4.04. The normalized spacial score (nSPS) is 10.4. The molecule has 0 radical (unpaired) electrons. The molecule has 1 rings (SSSR count). The van der Waals surface area contributed by atoms with Gasteiger partial charge in [0.25, 0.3) is 0 Å². The van der Waals surface area contributed by atoms with Gasteiger partial charge in [0.2, 0.25) is 0 Å². The smallest absolute Gasteiger partial charge is 0.125 e. The molecule has 1 aromatic heterocycles. The predicted octanol–water partition coefficient (Wildman–Crippen LogP) is 1.62. The fraction of sp³-hybridized carbons (Fsp3) is 0.571. The minimum Gasteiger partial charge on any atom is -0.361 e. The number of hydrogen-bond donors (Lipinski definition) is 0. The van der Waals surface area contributed by atoms with Crippen LogP contribution < -0.4 is 0 Å². The number of imidazole rings is 1. The highest BCUT2D eigenvalue weighted by atomic mass is 35.5. The van der Waals surface area contributed by atoms with Gasteiger partial charge in [0, 0.05) is 19.0 Å². The summed E-state index contributed by atoms with van der Waals surface area (Å²) in [7, 11) is 0. The Morgan fingerprint density at radius 2 is 2.55 bits per heavy atom. The van der Waals surface area contributed by atoms with Gasteiger partial charge in [0.15, 0.2) is 0 Å².